The lowest BCUT2D eigenvalue weighted by atomic mass is 10.1. The number of anilines is 1. The Hall–Kier alpha value is -2.95. The Balaban J connectivity index is 1.77. The minimum Gasteiger partial charge on any atom is -0.322 e. The van der Waals surface area contributed by atoms with Crippen LogP contribution in [0.4, 0.5) is 10.1 Å². The quantitative estimate of drug-likeness (QED) is 0.798. The van der Waals surface area contributed by atoms with Gasteiger partial charge in [0, 0.05) is 23.1 Å². The first-order chi connectivity index (χ1) is 11.0. The second-order valence-corrected chi connectivity index (χ2v) is 5.35. The standard InChI is InChI=1S/C18H16FN3O/c1-12-3-6-15(11-17(12)19)21-18(23)14-4-7-16(8-5-14)22-13(2)9-10-20-22/h3-11H,1-2H3,(H,21,23). The van der Waals surface area contributed by atoms with Gasteiger partial charge in [0.15, 0.2) is 0 Å². The van der Waals surface area contributed by atoms with Crippen molar-refractivity contribution in [1.29, 1.82) is 0 Å². The maximum atomic E-state index is 13.5. The molecule has 1 N–H and O–H groups in total. The second-order valence-electron chi connectivity index (χ2n) is 5.35. The van der Waals surface area contributed by atoms with Gasteiger partial charge >= 0.3 is 0 Å². The number of nitrogens with zero attached hydrogens (tertiary/aromatic N) is 2. The fourth-order valence-electron chi connectivity index (χ4n) is 2.27. The number of carbonyl (C=O) groups is 1. The molecule has 0 atom stereocenters. The van der Waals surface area contributed by atoms with Gasteiger partial charge in [-0.25, -0.2) is 9.07 Å². The molecule has 3 rings (SSSR count). The number of aryl methyl sites for hydroxylation is 2. The molecule has 4 nitrogen and oxygen atoms in total. The second kappa shape index (κ2) is 6.04. The number of carbonyl (C=O) groups excluding carboxylic acids is 1. The van der Waals surface area contributed by atoms with Crippen LogP contribution in [0.25, 0.3) is 5.69 Å². The van der Waals surface area contributed by atoms with Crippen LogP contribution in [0.5, 0.6) is 0 Å². The highest BCUT2D eigenvalue weighted by Crippen LogP contribution is 2.16. The van der Waals surface area contributed by atoms with Crippen molar-refractivity contribution < 1.29 is 9.18 Å². The molecule has 0 aliphatic carbocycles. The van der Waals surface area contributed by atoms with Crippen LogP contribution in [-0.2, 0) is 0 Å². The lowest BCUT2D eigenvalue weighted by Crippen LogP contribution is -2.12. The van der Waals surface area contributed by atoms with Crippen LogP contribution in [0.1, 0.15) is 21.6 Å². The average molecular weight is 309 g/mol. The lowest BCUT2D eigenvalue weighted by Gasteiger charge is -2.08. The third-order valence-corrected chi connectivity index (χ3v) is 3.64. The smallest absolute Gasteiger partial charge is 0.255 e. The summed E-state index contributed by atoms with van der Waals surface area (Å²) in [5, 5.41) is 6.91. The van der Waals surface area contributed by atoms with Gasteiger partial charge < -0.3 is 5.32 Å². The van der Waals surface area contributed by atoms with E-state index in [0.29, 0.717) is 16.8 Å². The van der Waals surface area contributed by atoms with Gasteiger partial charge in [-0.3, -0.25) is 4.79 Å². The summed E-state index contributed by atoms with van der Waals surface area (Å²) in [4.78, 5) is 12.2. The molecule has 1 amide bonds. The number of benzene rings is 2. The van der Waals surface area contributed by atoms with E-state index in [1.807, 2.05) is 25.1 Å². The van der Waals surface area contributed by atoms with Crippen LogP contribution in [-0.4, -0.2) is 15.7 Å². The number of hydrogen-bond donors (Lipinski definition) is 1. The van der Waals surface area contributed by atoms with Crippen molar-refractivity contribution in [1.82, 2.24) is 9.78 Å². The molecule has 0 fully saturated rings. The maximum Gasteiger partial charge on any atom is 0.255 e. The Labute approximate surface area is 133 Å². The molecule has 116 valence electrons. The molecule has 0 saturated heterocycles. The predicted molar refractivity (Wildman–Crippen MR) is 87.4 cm³/mol. The van der Waals surface area contributed by atoms with Crippen molar-refractivity contribution in [3.8, 4) is 5.69 Å². The van der Waals surface area contributed by atoms with Gasteiger partial charge in [-0.2, -0.15) is 5.10 Å². The van der Waals surface area contributed by atoms with Crippen molar-refractivity contribution in [3.05, 3.63) is 77.4 Å². The molecule has 5 heteroatoms. The van der Waals surface area contributed by atoms with Crippen molar-refractivity contribution in [3.63, 3.8) is 0 Å². The first-order valence-electron chi connectivity index (χ1n) is 7.23. The normalized spacial score (nSPS) is 10.6. The van der Waals surface area contributed by atoms with Gasteiger partial charge in [-0.1, -0.05) is 6.07 Å². The number of aromatic nitrogens is 2. The number of hydrogen-bond acceptors (Lipinski definition) is 2. The average Bonchev–Trinajstić information content (AvgIpc) is 2.97. The molecule has 0 spiro atoms. The molecule has 0 saturated carbocycles. The molecule has 1 heterocycles. The van der Waals surface area contributed by atoms with E-state index in [2.05, 4.69) is 10.4 Å². The minimum atomic E-state index is -0.340. The molecule has 2 aromatic carbocycles. The molecule has 1 aromatic heterocycles. The van der Waals surface area contributed by atoms with Crippen LogP contribution in [0.15, 0.2) is 54.7 Å². The summed E-state index contributed by atoms with van der Waals surface area (Å²) < 4.78 is 15.3. The minimum absolute atomic E-state index is 0.281. The van der Waals surface area contributed by atoms with Gasteiger partial charge in [-0.15, -0.1) is 0 Å². The summed E-state index contributed by atoms with van der Waals surface area (Å²) in [6.07, 6.45) is 1.72. The van der Waals surface area contributed by atoms with Crippen molar-refractivity contribution >= 4 is 11.6 Å². The van der Waals surface area contributed by atoms with Crippen molar-refractivity contribution in [2.45, 2.75) is 13.8 Å². The third-order valence-electron chi connectivity index (χ3n) is 3.64. The topological polar surface area (TPSA) is 46.9 Å². The van der Waals surface area contributed by atoms with E-state index in [1.165, 1.54) is 6.07 Å². The largest absolute Gasteiger partial charge is 0.322 e. The molecule has 0 unspecified atom stereocenters. The highest BCUT2D eigenvalue weighted by atomic mass is 19.1. The zero-order valence-electron chi connectivity index (χ0n) is 12.9. The molecular weight excluding hydrogens is 293 g/mol. The molecule has 3 aromatic rings. The zero-order valence-corrected chi connectivity index (χ0v) is 12.9. The molecule has 0 aliphatic rings. The molecule has 23 heavy (non-hydrogen) atoms. The van der Waals surface area contributed by atoms with E-state index in [1.54, 1.807) is 42.1 Å². The summed E-state index contributed by atoms with van der Waals surface area (Å²) in [5.74, 6) is -0.621. The maximum absolute atomic E-state index is 13.5. The van der Waals surface area contributed by atoms with E-state index in [-0.39, 0.29) is 11.7 Å². The van der Waals surface area contributed by atoms with E-state index in [4.69, 9.17) is 0 Å². The van der Waals surface area contributed by atoms with Crippen LogP contribution >= 0.6 is 0 Å². The summed E-state index contributed by atoms with van der Waals surface area (Å²) in [5.41, 5.74) is 3.37. The highest BCUT2D eigenvalue weighted by Gasteiger charge is 2.08. The summed E-state index contributed by atoms with van der Waals surface area (Å²) in [7, 11) is 0. The van der Waals surface area contributed by atoms with Gasteiger partial charge in [0.1, 0.15) is 5.82 Å². The Morgan fingerprint density at radius 1 is 1.09 bits per heavy atom. The fourth-order valence-corrected chi connectivity index (χ4v) is 2.27. The molecule has 0 radical (unpaired) electrons. The van der Waals surface area contributed by atoms with Gasteiger partial charge in [0.25, 0.3) is 5.91 Å². The monoisotopic (exact) mass is 309 g/mol. The third kappa shape index (κ3) is 3.13. The molecular formula is C18H16FN3O. The van der Waals surface area contributed by atoms with Crippen LogP contribution in [0, 0.1) is 19.7 Å². The Bertz CT molecular complexity index is 853. The van der Waals surface area contributed by atoms with Crippen molar-refractivity contribution in [2.75, 3.05) is 5.32 Å². The first-order valence-corrected chi connectivity index (χ1v) is 7.23. The van der Waals surface area contributed by atoms with E-state index >= 15 is 0 Å². The van der Waals surface area contributed by atoms with E-state index in [9.17, 15) is 9.18 Å². The summed E-state index contributed by atoms with van der Waals surface area (Å²) in [6.45, 7) is 3.64. The number of halogens is 1. The lowest BCUT2D eigenvalue weighted by molar-refractivity contribution is 0.102. The first kappa shape index (κ1) is 15.0. The van der Waals surface area contributed by atoms with Crippen LogP contribution in [0.2, 0.25) is 0 Å². The highest BCUT2D eigenvalue weighted by molar-refractivity contribution is 6.04. The number of amides is 1. The SMILES string of the molecule is Cc1ccc(NC(=O)c2ccc(-n3nccc3C)cc2)cc1F. The van der Waals surface area contributed by atoms with E-state index in [0.717, 1.165) is 11.4 Å². The van der Waals surface area contributed by atoms with E-state index < -0.39 is 0 Å². The molecule has 0 aliphatic heterocycles. The number of nitrogens with one attached hydrogen (secondary N) is 1. The van der Waals surface area contributed by atoms with Gasteiger partial charge in [0.2, 0.25) is 0 Å². The van der Waals surface area contributed by atoms with Crippen molar-refractivity contribution in [2.24, 2.45) is 0 Å². The Morgan fingerprint density at radius 2 is 1.83 bits per heavy atom. The van der Waals surface area contributed by atoms with Crippen LogP contribution < -0.4 is 5.32 Å². The van der Waals surface area contributed by atoms with Crippen LogP contribution in [0.3, 0.4) is 0 Å². The summed E-state index contributed by atoms with van der Waals surface area (Å²) in [6, 6.07) is 13.6. The predicted octanol–water partition coefficient (Wildman–Crippen LogP) is 3.88. The van der Waals surface area contributed by atoms with Gasteiger partial charge in [0.05, 0.1) is 5.69 Å². The Morgan fingerprint density at radius 3 is 2.43 bits per heavy atom. The van der Waals surface area contributed by atoms with Gasteiger partial charge in [-0.05, 0) is 61.9 Å². The number of rotatable bonds is 3. The zero-order chi connectivity index (χ0) is 16.4. The Kier molecular flexibility index (Phi) is 3.93. The molecule has 0 bridgehead atoms. The summed E-state index contributed by atoms with van der Waals surface area (Å²) >= 11 is 0. The fraction of sp³-hybridized carbons (Fsp3) is 0.111.